The van der Waals surface area contributed by atoms with E-state index in [0.717, 1.165) is 32.4 Å². The summed E-state index contributed by atoms with van der Waals surface area (Å²) in [5.41, 5.74) is 5.20. The molecule has 0 saturated carbocycles. The summed E-state index contributed by atoms with van der Waals surface area (Å²) in [6.45, 7) is 8.76. The van der Waals surface area contributed by atoms with Crippen molar-refractivity contribution in [3.63, 3.8) is 0 Å². The van der Waals surface area contributed by atoms with Crippen LogP contribution in [-0.2, 0) is 4.74 Å². The van der Waals surface area contributed by atoms with Crippen molar-refractivity contribution in [1.82, 2.24) is 15.0 Å². The fourth-order valence-electron chi connectivity index (χ4n) is 4.52. The fourth-order valence-corrected chi connectivity index (χ4v) is 4.86. The third-order valence-electron chi connectivity index (χ3n) is 6.06. The molecule has 4 rings (SSSR count). The van der Waals surface area contributed by atoms with Gasteiger partial charge in [0, 0.05) is 23.8 Å². The van der Waals surface area contributed by atoms with Gasteiger partial charge in [-0.05, 0) is 70.4 Å². The number of benzene rings is 2. The first-order valence-corrected chi connectivity index (χ1v) is 12.9. The van der Waals surface area contributed by atoms with E-state index in [0.29, 0.717) is 32.7 Å². The minimum absolute atomic E-state index is 0.194. The van der Waals surface area contributed by atoms with Crippen molar-refractivity contribution in [3.8, 4) is 16.9 Å². The third-order valence-corrected chi connectivity index (χ3v) is 6.64. The van der Waals surface area contributed by atoms with E-state index < -0.39 is 11.6 Å². The number of piperidine rings is 1. The predicted molar refractivity (Wildman–Crippen MR) is 144 cm³/mol. The summed E-state index contributed by atoms with van der Waals surface area (Å²) in [7, 11) is 0. The van der Waals surface area contributed by atoms with Gasteiger partial charge in [0.15, 0.2) is 0 Å². The van der Waals surface area contributed by atoms with Gasteiger partial charge in [0.25, 0.3) is 5.91 Å². The fraction of sp³-hybridized carbons (Fsp3) is 0.357. The lowest BCUT2D eigenvalue weighted by atomic mass is 10.0. The number of rotatable bonds is 5. The van der Waals surface area contributed by atoms with Gasteiger partial charge >= 0.3 is 5.97 Å². The number of halogens is 2. The molecule has 1 N–H and O–H groups in total. The van der Waals surface area contributed by atoms with Crippen LogP contribution in [0.2, 0.25) is 10.0 Å². The Kier molecular flexibility index (Phi) is 7.79. The largest absolute Gasteiger partial charge is 0.456 e. The van der Waals surface area contributed by atoms with Crippen molar-refractivity contribution < 1.29 is 14.3 Å². The Bertz CT molecular complexity index is 1270. The van der Waals surface area contributed by atoms with Crippen LogP contribution in [0.5, 0.6) is 0 Å². The molecule has 190 valence electrons. The second-order valence-corrected chi connectivity index (χ2v) is 10.8. The van der Waals surface area contributed by atoms with Gasteiger partial charge in [0.2, 0.25) is 0 Å². The van der Waals surface area contributed by atoms with Crippen LogP contribution in [0, 0.1) is 6.92 Å². The molecule has 1 saturated heterocycles. The number of ether oxygens (including phenoxy) is 1. The minimum Gasteiger partial charge on any atom is -0.456 e. The number of hydrazine groups is 1. The summed E-state index contributed by atoms with van der Waals surface area (Å²) in [6.07, 6.45) is 3.15. The van der Waals surface area contributed by atoms with Crippen LogP contribution in [0.1, 0.15) is 66.4 Å². The van der Waals surface area contributed by atoms with Crippen molar-refractivity contribution in [2.24, 2.45) is 0 Å². The number of hydrogen-bond acceptors (Lipinski definition) is 4. The van der Waals surface area contributed by atoms with E-state index in [2.05, 4.69) is 5.43 Å². The Morgan fingerprint density at radius 2 is 1.56 bits per heavy atom. The van der Waals surface area contributed by atoms with Gasteiger partial charge in [0.05, 0.1) is 27.5 Å². The van der Waals surface area contributed by atoms with E-state index in [1.165, 1.54) is 0 Å². The lowest BCUT2D eigenvalue weighted by molar-refractivity contribution is 0.00680. The summed E-state index contributed by atoms with van der Waals surface area (Å²) in [6, 6.07) is 14.5. The number of esters is 1. The Morgan fingerprint density at radius 3 is 2.17 bits per heavy atom. The molecular formula is C28H31Cl2N3O3. The Labute approximate surface area is 222 Å². The minimum atomic E-state index is -0.755. The number of carbonyl (C=O) groups is 2. The molecular weight excluding hydrogens is 497 g/mol. The van der Waals surface area contributed by atoms with E-state index in [1.54, 1.807) is 39.0 Å². The lowest BCUT2D eigenvalue weighted by Gasteiger charge is -2.27. The van der Waals surface area contributed by atoms with Crippen LogP contribution < -0.4 is 5.43 Å². The normalized spacial score (nSPS) is 14.5. The van der Waals surface area contributed by atoms with Gasteiger partial charge in [-0.1, -0.05) is 53.9 Å². The van der Waals surface area contributed by atoms with Crippen molar-refractivity contribution in [1.29, 1.82) is 0 Å². The van der Waals surface area contributed by atoms with Crippen LogP contribution in [0.15, 0.2) is 48.5 Å². The van der Waals surface area contributed by atoms with Gasteiger partial charge in [-0.15, -0.1) is 0 Å². The Balaban J connectivity index is 1.99. The standard InChI is InChI=1S/C28H31Cl2N3O3/c1-18-23(26(34)31-32-16-8-5-9-17-32)24(27(35)36-28(2,3)4)25(19-12-14-20(29)15-13-19)33(18)22-11-7-6-10-21(22)30/h6-7,10-15H,5,8-9,16-17H2,1-4H3,(H,31,34). The molecule has 8 heteroatoms. The topological polar surface area (TPSA) is 63.6 Å². The van der Waals surface area contributed by atoms with Crippen LogP contribution in [-0.4, -0.2) is 40.1 Å². The van der Waals surface area contributed by atoms with Gasteiger partial charge in [-0.3, -0.25) is 10.2 Å². The number of nitrogens with one attached hydrogen (secondary N) is 1. The molecule has 2 aromatic carbocycles. The molecule has 0 spiro atoms. The molecule has 3 aromatic rings. The van der Waals surface area contributed by atoms with E-state index in [1.807, 2.05) is 46.8 Å². The van der Waals surface area contributed by atoms with Crippen molar-refractivity contribution >= 4 is 35.1 Å². The molecule has 0 aliphatic carbocycles. The molecule has 6 nitrogen and oxygen atoms in total. The monoisotopic (exact) mass is 527 g/mol. The molecule has 0 radical (unpaired) electrons. The number of nitrogens with zero attached hydrogens (tertiary/aromatic N) is 2. The highest BCUT2D eigenvalue weighted by Crippen LogP contribution is 2.38. The first kappa shape index (κ1) is 26.3. The van der Waals surface area contributed by atoms with E-state index in [-0.39, 0.29) is 17.0 Å². The smallest absolute Gasteiger partial charge is 0.341 e. The Morgan fingerprint density at radius 1 is 0.917 bits per heavy atom. The predicted octanol–water partition coefficient (Wildman–Crippen LogP) is 6.85. The van der Waals surface area contributed by atoms with Crippen LogP contribution >= 0.6 is 23.2 Å². The molecule has 1 fully saturated rings. The van der Waals surface area contributed by atoms with Crippen LogP contribution in [0.3, 0.4) is 0 Å². The summed E-state index contributed by atoms with van der Waals surface area (Å²) in [4.78, 5) is 27.5. The summed E-state index contributed by atoms with van der Waals surface area (Å²) in [5, 5.41) is 2.97. The summed E-state index contributed by atoms with van der Waals surface area (Å²) in [5.74, 6) is -0.929. The SMILES string of the molecule is Cc1c(C(=O)NN2CCCCC2)c(C(=O)OC(C)(C)C)c(-c2ccc(Cl)cc2)n1-c1ccccc1Cl. The highest BCUT2D eigenvalue weighted by Gasteiger charge is 2.34. The molecule has 0 bridgehead atoms. The maximum Gasteiger partial charge on any atom is 0.341 e. The first-order valence-electron chi connectivity index (χ1n) is 12.1. The van der Waals surface area contributed by atoms with E-state index >= 15 is 0 Å². The Hall–Kier alpha value is -2.80. The van der Waals surface area contributed by atoms with Crippen molar-refractivity contribution in [3.05, 3.63) is 75.4 Å². The average molecular weight is 528 g/mol. The second kappa shape index (κ2) is 10.7. The molecule has 1 aromatic heterocycles. The number of amides is 1. The van der Waals surface area contributed by atoms with Gasteiger partial charge in [-0.25, -0.2) is 9.80 Å². The maximum atomic E-state index is 13.8. The number of para-hydroxylation sites is 1. The lowest BCUT2D eigenvalue weighted by Crippen LogP contribution is -2.45. The highest BCUT2D eigenvalue weighted by atomic mass is 35.5. The maximum absolute atomic E-state index is 13.8. The summed E-state index contributed by atoms with van der Waals surface area (Å²) < 4.78 is 7.68. The zero-order valence-electron chi connectivity index (χ0n) is 21.0. The number of carbonyl (C=O) groups excluding carboxylic acids is 2. The summed E-state index contributed by atoms with van der Waals surface area (Å²) >= 11 is 12.8. The second-order valence-electron chi connectivity index (χ2n) is 9.97. The van der Waals surface area contributed by atoms with Gasteiger partial charge in [-0.2, -0.15) is 0 Å². The van der Waals surface area contributed by atoms with Gasteiger partial charge in [0.1, 0.15) is 5.60 Å². The van der Waals surface area contributed by atoms with Crippen LogP contribution in [0.4, 0.5) is 0 Å². The van der Waals surface area contributed by atoms with E-state index in [4.69, 9.17) is 27.9 Å². The highest BCUT2D eigenvalue weighted by molar-refractivity contribution is 6.32. The first-order chi connectivity index (χ1) is 17.1. The zero-order chi connectivity index (χ0) is 26.0. The van der Waals surface area contributed by atoms with E-state index in [9.17, 15) is 9.59 Å². The molecule has 36 heavy (non-hydrogen) atoms. The molecule has 1 aliphatic rings. The quantitative estimate of drug-likeness (QED) is 0.368. The van der Waals surface area contributed by atoms with Crippen LogP contribution in [0.25, 0.3) is 16.9 Å². The molecule has 1 aliphatic heterocycles. The number of aromatic nitrogens is 1. The third kappa shape index (κ3) is 5.61. The molecule has 0 unspecified atom stereocenters. The molecule has 1 amide bonds. The number of hydrogen-bond donors (Lipinski definition) is 1. The average Bonchev–Trinajstić information content (AvgIpc) is 3.12. The van der Waals surface area contributed by atoms with Crippen molar-refractivity contribution in [2.75, 3.05) is 13.1 Å². The molecule has 0 atom stereocenters. The molecule has 2 heterocycles. The van der Waals surface area contributed by atoms with Gasteiger partial charge < -0.3 is 9.30 Å². The van der Waals surface area contributed by atoms with Crippen molar-refractivity contribution in [2.45, 2.75) is 52.6 Å². The zero-order valence-corrected chi connectivity index (χ0v) is 22.5.